The number of aryl methyl sites for hydroxylation is 1. The van der Waals surface area contributed by atoms with Gasteiger partial charge >= 0.3 is 0 Å². The van der Waals surface area contributed by atoms with E-state index in [2.05, 4.69) is 20.5 Å². The van der Waals surface area contributed by atoms with Crippen molar-refractivity contribution in [3.63, 3.8) is 0 Å². The van der Waals surface area contributed by atoms with Crippen molar-refractivity contribution in [2.24, 2.45) is 10.1 Å². The van der Waals surface area contributed by atoms with Gasteiger partial charge in [0.25, 0.3) is 0 Å². The summed E-state index contributed by atoms with van der Waals surface area (Å²) in [6.45, 7) is 2.03. The first-order valence-electron chi connectivity index (χ1n) is 10.3. The van der Waals surface area contributed by atoms with Gasteiger partial charge in [0.1, 0.15) is 5.75 Å². The molecule has 3 N–H and O–H groups in total. The summed E-state index contributed by atoms with van der Waals surface area (Å²) in [6.07, 6.45) is 1.60. The molecule has 1 aromatic heterocycles. The zero-order chi connectivity index (χ0) is 21.9. The van der Waals surface area contributed by atoms with E-state index in [1.165, 1.54) is 0 Å². The highest BCUT2D eigenvalue weighted by molar-refractivity contribution is 6.04. The van der Waals surface area contributed by atoms with E-state index in [0.717, 1.165) is 33.1 Å². The van der Waals surface area contributed by atoms with Gasteiger partial charge in [-0.25, -0.2) is 9.98 Å². The van der Waals surface area contributed by atoms with Crippen LogP contribution in [0.15, 0.2) is 95.0 Å². The highest BCUT2D eigenvalue weighted by atomic mass is 16.3. The average molecular weight is 419 g/mol. The fourth-order valence-electron chi connectivity index (χ4n) is 3.52. The molecule has 6 heteroatoms. The second kappa shape index (κ2) is 8.35. The summed E-state index contributed by atoms with van der Waals surface area (Å²) < 4.78 is 0. The Balaban J connectivity index is 1.53. The van der Waals surface area contributed by atoms with Crippen molar-refractivity contribution in [2.75, 3.05) is 0 Å². The number of rotatable bonds is 4. The van der Waals surface area contributed by atoms with Crippen LogP contribution in [-0.2, 0) is 0 Å². The Hall–Kier alpha value is -4.45. The second-order valence-corrected chi connectivity index (χ2v) is 7.49. The highest BCUT2D eigenvalue weighted by Crippen LogP contribution is 2.25. The maximum absolute atomic E-state index is 10.4. The fraction of sp³-hybridized carbons (Fsp3) is 0.0385. The number of aromatic hydroxyl groups is 1. The fourth-order valence-corrected chi connectivity index (χ4v) is 3.52. The van der Waals surface area contributed by atoms with Gasteiger partial charge in [0.05, 0.1) is 22.9 Å². The van der Waals surface area contributed by atoms with Crippen molar-refractivity contribution < 1.29 is 5.11 Å². The average Bonchev–Trinajstić information content (AvgIpc) is 3.25. The van der Waals surface area contributed by atoms with Crippen molar-refractivity contribution in [1.82, 2.24) is 15.4 Å². The summed E-state index contributed by atoms with van der Waals surface area (Å²) in [7, 11) is 0. The molecule has 0 spiro atoms. The molecule has 0 saturated heterocycles. The number of H-pyrrole nitrogens is 1. The van der Waals surface area contributed by atoms with E-state index in [0.29, 0.717) is 17.2 Å². The summed E-state index contributed by atoms with van der Waals surface area (Å²) in [5, 5.41) is 16.7. The predicted molar refractivity (Wildman–Crippen MR) is 130 cm³/mol. The monoisotopic (exact) mass is 419 g/mol. The number of aliphatic imine (C=N–C) groups is 1. The molecule has 0 unspecified atom stereocenters. The maximum Gasteiger partial charge on any atom is 0.190 e. The SMILES string of the molecule is Cc1ccc(N=C(NN=Cc2c(O)ccc3ccccc23)c2nc3ccccc3[nH]2)cc1. The molecule has 1 heterocycles. The number of amidine groups is 1. The predicted octanol–water partition coefficient (Wildman–Crippen LogP) is 5.43. The lowest BCUT2D eigenvalue weighted by molar-refractivity contribution is 0.475. The topological polar surface area (TPSA) is 85.7 Å². The number of aromatic amines is 1. The normalized spacial score (nSPS) is 12.1. The summed E-state index contributed by atoms with van der Waals surface area (Å²) in [5.74, 6) is 1.21. The van der Waals surface area contributed by atoms with Gasteiger partial charge < -0.3 is 10.1 Å². The Bertz CT molecular complexity index is 1430. The summed E-state index contributed by atoms with van der Waals surface area (Å²) in [6, 6.07) is 27.1. The van der Waals surface area contributed by atoms with E-state index in [4.69, 9.17) is 4.99 Å². The van der Waals surface area contributed by atoms with Crippen LogP contribution in [0.5, 0.6) is 5.75 Å². The van der Waals surface area contributed by atoms with E-state index in [1.807, 2.05) is 85.8 Å². The molecule has 32 heavy (non-hydrogen) atoms. The standard InChI is InChI=1S/C26H21N5O/c1-17-10-13-19(14-11-17)28-26(25-29-22-8-4-5-9-23(22)30-25)31-27-16-21-20-7-3-2-6-18(20)12-15-24(21)32/h2-16,32H,1H3,(H,28,31)(H,29,30). The number of hydrogen-bond acceptors (Lipinski definition) is 4. The smallest absolute Gasteiger partial charge is 0.190 e. The van der Waals surface area contributed by atoms with Gasteiger partial charge in [0, 0.05) is 5.56 Å². The molecule has 0 aliphatic heterocycles. The Labute approximate surface area is 185 Å². The molecule has 0 saturated carbocycles. The number of phenolic OH excluding ortho intramolecular Hbond substituents is 1. The molecule has 0 fully saturated rings. The number of hydrazone groups is 1. The number of fused-ring (bicyclic) bond motifs is 2. The molecule has 6 nitrogen and oxygen atoms in total. The number of benzene rings is 4. The summed E-state index contributed by atoms with van der Waals surface area (Å²) in [4.78, 5) is 12.7. The summed E-state index contributed by atoms with van der Waals surface area (Å²) >= 11 is 0. The first-order chi connectivity index (χ1) is 15.7. The van der Waals surface area contributed by atoms with Crippen molar-refractivity contribution in [2.45, 2.75) is 6.92 Å². The van der Waals surface area contributed by atoms with Crippen LogP contribution in [0.25, 0.3) is 21.8 Å². The van der Waals surface area contributed by atoms with Gasteiger partial charge in [-0.1, -0.05) is 60.2 Å². The van der Waals surface area contributed by atoms with Gasteiger partial charge in [0.2, 0.25) is 0 Å². The Kier molecular flexibility index (Phi) is 5.09. The largest absolute Gasteiger partial charge is 0.507 e. The van der Waals surface area contributed by atoms with Crippen LogP contribution >= 0.6 is 0 Å². The molecule has 5 rings (SSSR count). The van der Waals surface area contributed by atoms with Gasteiger partial charge in [0.15, 0.2) is 11.7 Å². The van der Waals surface area contributed by atoms with Crippen LogP contribution in [0.4, 0.5) is 5.69 Å². The number of phenols is 1. The molecule has 5 aromatic rings. The van der Waals surface area contributed by atoms with E-state index in [9.17, 15) is 5.11 Å². The first-order valence-corrected chi connectivity index (χ1v) is 10.3. The minimum absolute atomic E-state index is 0.162. The summed E-state index contributed by atoms with van der Waals surface area (Å²) in [5.41, 5.74) is 7.35. The van der Waals surface area contributed by atoms with Crippen molar-refractivity contribution in [1.29, 1.82) is 0 Å². The number of nitrogens with one attached hydrogen (secondary N) is 2. The molecule has 0 amide bonds. The second-order valence-electron chi connectivity index (χ2n) is 7.49. The van der Waals surface area contributed by atoms with Crippen LogP contribution < -0.4 is 5.43 Å². The zero-order valence-corrected chi connectivity index (χ0v) is 17.4. The maximum atomic E-state index is 10.4. The number of para-hydroxylation sites is 2. The number of imidazole rings is 1. The Morgan fingerprint density at radius 1 is 0.938 bits per heavy atom. The van der Waals surface area contributed by atoms with Crippen molar-refractivity contribution in [3.8, 4) is 5.75 Å². The third-order valence-corrected chi connectivity index (χ3v) is 5.20. The van der Waals surface area contributed by atoms with E-state index < -0.39 is 0 Å². The van der Waals surface area contributed by atoms with Crippen LogP contribution in [0.3, 0.4) is 0 Å². The number of nitrogens with zero attached hydrogens (tertiary/aromatic N) is 3. The molecule has 0 bridgehead atoms. The van der Waals surface area contributed by atoms with Crippen molar-refractivity contribution in [3.05, 3.63) is 102 Å². The molecule has 0 aliphatic rings. The van der Waals surface area contributed by atoms with E-state index in [1.54, 1.807) is 12.3 Å². The molecule has 0 aliphatic carbocycles. The van der Waals surface area contributed by atoms with Crippen LogP contribution in [0.2, 0.25) is 0 Å². The van der Waals surface area contributed by atoms with Gasteiger partial charge in [-0.3, -0.25) is 5.43 Å². The van der Waals surface area contributed by atoms with Gasteiger partial charge in [-0.05, 0) is 48.0 Å². The molecular weight excluding hydrogens is 398 g/mol. The van der Waals surface area contributed by atoms with Gasteiger partial charge in [-0.15, -0.1) is 0 Å². The highest BCUT2D eigenvalue weighted by Gasteiger charge is 2.10. The minimum atomic E-state index is 0.162. The van der Waals surface area contributed by atoms with Crippen LogP contribution in [-0.4, -0.2) is 27.1 Å². The van der Waals surface area contributed by atoms with Crippen LogP contribution in [0.1, 0.15) is 17.0 Å². The Morgan fingerprint density at radius 2 is 1.72 bits per heavy atom. The first kappa shape index (κ1) is 19.5. The van der Waals surface area contributed by atoms with Crippen LogP contribution in [0, 0.1) is 6.92 Å². The lowest BCUT2D eigenvalue weighted by Crippen LogP contribution is -2.20. The molecule has 156 valence electrons. The Morgan fingerprint density at radius 3 is 2.56 bits per heavy atom. The number of hydrogen-bond donors (Lipinski definition) is 3. The zero-order valence-electron chi connectivity index (χ0n) is 17.4. The molecular formula is C26H21N5O. The third-order valence-electron chi connectivity index (χ3n) is 5.20. The molecule has 0 radical (unpaired) electrons. The minimum Gasteiger partial charge on any atom is -0.507 e. The third kappa shape index (κ3) is 3.94. The molecule has 4 aromatic carbocycles. The van der Waals surface area contributed by atoms with Gasteiger partial charge in [-0.2, -0.15) is 5.10 Å². The lowest BCUT2D eigenvalue weighted by Gasteiger charge is -2.06. The van der Waals surface area contributed by atoms with E-state index >= 15 is 0 Å². The van der Waals surface area contributed by atoms with Crippen molar-refractivity contribution >= 4 is 39.5 Å². The lowest BCUT2D eigenvalue weighted by atomic mass is 10.0. The number of aromatic nitrogens is 2. The quantitative estimate of drug-likeness (QED) is 0.206. The molecule has 0 atom stereocenters. The van der Waals surface area contributed by atoms with E-state index in [-0.39, 0.29) is 5.75 Å².